The molecule has 7 heteroatoms. The van der Waals surface area contributed by atoms with Crippen LogP contribution in [0.1, 0.15) is 42.8 Å². The zero-order valence-corrected chi connectivity index (χ0v) is 16.7. The van der Waals surface area contributed by atoms with E-state index in [1.807, 2.05) is 49.4 Å². The standard InChI is InChI=1S/C22H25N5O2/c1-3-20-25-26-21(29-20)15(2)27-13-12-18-16(14-27)8-7-11-19(18)24-22(28)23-17-9-5-4-6-10-17/h4-11,15H,3,12-14H2,1-2H3,(H2,23,24,28)/t15-/m0/s1. The molecule has 2 heterocycles. The average Bonchev–Trinajstić information content (AvgIpc) is 3.23. The van der Waals surface area contributed by atoms with Gasteiger partial charge in [-0.25, -0.2) is 4.79 Å². The van der Waals surface area contributed by atoms with Crippen LogP contribution in [0.5, 0.6) is 0 Å². The maximum absolute atomic E-state index is 12.4. The lowest BCUT2D eigenvalue weighted by Crippen LogP contribution is -2.33. The number of carbonyl (C=O) groups is 1. The number of aromatic nitrogens is 2. The van der Waals surface area contributed by atoms with Crippen LogP contribution in [0.4, 0.5) is 16.2 Å². The number of fused-ring (bicyclic) bond motifs is 1. The van der Waals surface area contributed by atoms with E-state index in [0.717, 1.165) is 37.3 Å². The SMILES string of the molecule is CCc1nnc([C@H](C)N2CCc3c(cccc3NC(=O)Nc3ccccc3)C2)o1. The number of hydrogen-bond acceptors (Lipinski definition) is 5. The normalized spacial score (nSPS) is 14.8. The van der Waals surface area contributed by atoms with Crippen molar-refractivity contribution in [1.29, 1.82) is 0 Å². The van der Waals surface area contributed by atoms with Gasteiger partial charge < -0.3 is 15.1 Å². The van der Waals surface area contributed by atoms with Crippen LogP contribution in [0, 0.1) is 0 Å². The second-order valence-electron chi connectivity index (χ2n) is 7.17. The third kappa shape index (κ3) is 4.30. The first-order chi connectivity index (χ1) is 14.1. The van der Waals surface area contributed by atoms with E-state index in [-0.39, 0.29) is 12.1 Å². The molecule has 4 rings (SSSR count). The number of amides is 2. The minimum atomic E-state index is -0.238. The number of rotatable bonds is 5. The fourth-order valence-corrected chi connectivity index (χ4v) is 3.62. The molecule has 0 fully saturated rings. The molecule has 1 aromatic heterocycles. The molecule has 2 N–H and O–H groups in total. The van der Waals surface area contributed by atoms with Gasteiger partial charge in [-0.2, -0.15) is 0 Å². The van der Waals surface area contributed by atoms with E-state index in [1.54, 1.807) is 0 Å². The van der Waals surface area contributed by atoms with Crippen molar-refractivity contribution in [2.24, 2.45) is 0 Å². The van der Waals surface area contributed by atoms with Crippen molar-refractivity contribution >= 4 is 17.4 Å². The molecule has 2 amide bonds. The molecular weight excluding hydrogens is 366 g/mol. The molecule has 7 nitrogen and oxygen atoms in total. The summed E-state index contributed by atoms with van der Waals surface area (Å²) >= 11 is 0. The van der Waals surface area contributed by atoms with Crippen LogP contribution in [0.2, 0.25) is 0 Å². The molecular formula is C22H25N5O2. The van der Waals surface area contributed by atoms with E-state index in [9.17, 15) is 4.79 Å². The summed E-state index contributed by atoms with van der Waals surface area (Å²) in [4.78, 5) is 14.7. The Balaban J connectivity index is 1.45. The zero-order chi connectivity index (χ0) is 20.2. The second-order valence-corrected chi connectivity index (χ2v) is 7.17. The van der Waals surface area contributed by atoms with Gasteiger partial charge in [-0.05, 0) is 42.7 Å². The van der Waals surface area contributed by atoms with Crippen LogP contribution in [0.25, 0.3) is 0 Å². The highest BCUT2D eigenvalue weighted by Gasteiger charge is 2.26. The Morgan fingerprint density at radius 1 is 1.14 bits per heavy atom. The predicted octanol–water partition coefficient (Wildman–Crippen LogP) is 4.40. The van der Waals surface area contributed by atoms with Crippen LogP contribution < -0.4 is 10.6 Å². The third-order valence-electron chi connectivity index (χ3n) is 5.27. The van der Waals surface area contributed by atoms with E-state index < -0.39 is 0 Å². The predicted molar refractivity (Wildman–Crippen MR) is 112 cm³/mol. The van der Waals surface area contributed by atoms with Crippen molar-refractivity contribution in [3.63, 3.8) is 0 Å². The number of benzene rings is 2. The molecule has 1 aliphatic rings. The topological polar surface area (TPSA) is 83.3 Å². The quantitative estimate of drug-likeness (QED) is 0.674. The van der Waals surface area contributed by atoms with Gasteiger partial charge in [0.2, 0.25) is 11.8 Å². The largest absolute Gasteiger partial charge is 0.424 e. The fraction of sp³-hybridized carbons (Fsp3) is 0.318. The lowest BCUT2D eigenvalue weighted by atomic mass is 9.96. The monoisotopic (exact) mass is 391 g/mol. The molecule has 3 aromatic rings. The lowest BCUT2D eigenvalue weighted by Gasteiger charge is -2.33. The van der Waals surface area contributed by atoms with Gasteiger partial charge in [0, 0.05) is 30.9 Å². The molecule has 2 aromatic carbocycles. The number of nitrogens with one attached hydrogen (secondary N) is 2. The molecule has 0 saturated heterocycles. The minimum absolute atomic E-state index is 0.0499. The molecule has 0 saturated carbocycles. The molecule has 0 bridgehead atoms. The van der Waals surface area contributed by atoms with Gasteiger partial charge in [0.25, 0.3) is 0 Å². The Hall–Kier alpha value is -3.19. The Bertz CT molecular complexity index is 986. The molecule has 150 valence electrons. The van der Waals surface area contributed by atoms with Gasteiger partial charge in [-0.3, -0.25) is 4.90 Å². The van der Waals surface area contributed by atoms with E-state index >= 15 is 0 Å². The average molecular weight is 391 g/mol. The Morgan fingerprint density at radius 3 is 2.72 bits per heavy atom. The molecule has 0 unspecified atom stereocenters. The summed E-state index contributed by atoms with van der Waals surface area (Å²) in [5.74, 6) is 1.32. The number of carbonyl (C=O) groups excluding carboxylic acids is 1. The smallest absolute Gasteiger partial charge is 0.323 e. The maximum atomic E-state index is 12.4. The fourth-order valence-electron chi connectivity index (χ4n) is 3.62. The summed E-state index contributed by atoms with van der Waals surface area (Å²) in [5.41, 5.74) is 4.00. The first kappa shape index (κ1) is 19.1. The minimum Gasteiger partial charge on any atom is -0.424 e. The summed E-state index contributed by atoms with van der Waals surface area (Å²) in [6.07, 6.45) is 1.58. The van der Waals surface area contributed by atoms with Crippen LogP contribution in [-0.4, -0.2) is 27.7 Å². The van der Waals surface area contributed by atoms with Gasteiger partial charge in [-0.15, -0.1) is 10.2 Å². The summed E-state index contributed by atoms with van der Waals surface area (Å²) in [6.45, 7) is 5.72. The van der Waals surface area contributed by atoms with Crippen LogP contribution in [0.15, 0.2) is 52.9 Å². The molecule has 29 heavy (non-hydrogen) atoms. The van der Waals surface area contributed by atoms with Crippen molar-refractivity contribution in [3.8, 4) is 0 Å². The Kier molecular flexibility index (Phi) is 5.57. The van der Waals surface area contributed by atoms with E-state index in [4.69, 9.17) is 4.42 Å². The Labute approximate surface area is 170 Å². The molecule has 0 radical (unpaired) electrons. The first-order valence-electron chi connectivity index (χ1n) is 9.94. The van der Waals surface area contributed by atoms with Crippen molar-refractivity contribution in [2.75, 3.05) is 17.2 Å². The van der Waals surface area contributed by atoms with Gasteiger partial charge in [0.05, 0.1) is 6.04 Å². The summed E-state index contributed by atoms with van der Waals surface area (Å²) in [6, 6.07) is 15.3. The van der Waals surface area contributed by atoms with Crippen LogP contribution >= 0.6 is 0 Å². The van der Waals surface area contributed by atoms with E-state index in [1.165, 1.54) is 11.1 Å². The summed E-state index contributed by atoms with van der Waals surface area (Å²) < 4.78 is 5.74. The van der Waals surface area contributed by atoms with E-state index in [0.29, 0.717) is 11.8 Å². The highest BCUT2D eigenvalue weighted by Crippen LogP contribution is 2.31. The van der Waals surface area contributed by atoms with Gasteiger partial charge in [0.15, 0.2) is 0 Å². The Morgan fingerprint density at radius 2 is 1.97 bits per heavy atom. The molecule has 0 spiro atoms. The third-order valence-corrected chi connectivity index (χ3v) is 5.27. The van der Waals surface area contributed by atoms with Gasteiger partial charge in [-0.1, -0.05) is 37.3 Å². The number of anilines is 2. The van der Waals surface area contributed by atoms with Crippen LogP contribution in [0.3, 0.4) is 0 Å². The van der Waals surface area contributed by atoms with E-state index in [2.05, 4.69) is 38.7 Å². The molecule has 1 aliphatic heterocycles. The highest BCUT2D eigenvalue weighted by atomic mass is 16.4. The van der Waals surface area contributed by atoms with Gasteiger partial charge in [0.1, 0.15) is 0 Å². The molecule has 0 aliphatic carbocycles. The maximum Gasteiger partial charge on any atom is 0.323 e. The highest BCUT2D eigenvalue weighted by molar-refractivity contribution is 6.00. The number of nitrogens with zero attached hydrogens (tertiary/aromatic N) is 3. The van der Waals surface area contributed by atoms with Crippen molar-refractivity contribution in [2.45, 2.75) is 39.3 Å². The van der Waals surface area contributed by atoms with Crippen molar-refractivity contribution in [3.05, 3.63) is 71.4 Å². The summed E-state index contributed by atoms with van der Waals surface area (Å²) in [7, 11) is 0. The van der Waals surface area contributed by atoms with Crippen molar-refractivity contribution < 1.29 is 9.21 Å². The van der Waals surface area contributed by atoms with Crippen molar-refractivity contribution in [1.82, 2.24) is 15.1 Å². The second kappa shape index (κ2) is 8.45. The number of urea groups is 1. The number of hydrogen-bond donors (Lipinski definition) is 2. The lowest BCUT2D eigenvalue weighted by molar-refractivity contribution is 0.165. The summed E-state index contributed by atoms with van der Waals surface area (Å²) in [5, 5.41) is 14.1. The first-order valence-corrected chi connectivity index (χ1v) is 9.94. The van der Waals surface area contributed by atoms with Gasteiger partial charge >= 0.3 is 6.03 Å². The molecule has 1 atom stereocenters. The number of para-hydroxylation sites is 1. The number of aryl methyl sites for hydroxylation is 1. The zero-order valence-electron chi connectivity index (χ0n) is 16.7. The van der Waals surface area contributed by atoms with Crippen LogP contribution in [-0.2, 0) is 19.4 Å².